The maximum absolute atomic E-state index is 5.72. The third kappa shape index (κ3) is 6.33. The van der Waals surface area contributed by atoms with Crippen molar-refractivity contribution in [2.75, 3.05) is 20.7 Å². The molecule has 6 nitrogen and oxygen atoms in total. The van der Waals surface area contributed by atoms with E-state index in [0.717, 1.165) is 42.4 Å². The Morgan fingerprint density at radius 1 is 1.08 bits per heavy atom. The second-order valence-corrected chi connectivity index (χ2v) is 5.49. The summed E-state index contributed by atoms with van der Waals surface area (Å²) in [6, 6.07) is 11.2. The fourth-order valence-corrected chi connectivity index (χ4v) is 2.13. The van der Waals surface area contributed by atoms with Crippen LogP contribution in [0.4, 0.5) is 0 Å². The second kappa shape index (κ2) is 10.2. The molecule has 0 fully saturated rings. The van der Waals surface area contributed by atoms with Crippen LogP contribution in [0.25, 0.3) is 0 Å². The Hall–Kier alpha value is -2.76. The zero-order valence-electron chi connectivity index (χ0n) is 15.1. The van der Waals surface area contributed by atoms with E-state index in [-0.39, 0.29) is 0 Å². The minimum Gasteiger partial charge on any atom is -0.497 e. The highest BCUT2D eigenvalue weighted by Gasteiger charge is 2.02. The Morgan fingerprint density at radius 2 is 1.84 bits per heavy atom. The van der Waals surface area contributed by atoms with Crippen LogP contribution in [0.1, 0.15) is 25.3 Å². The molecule has 0 saturated heterocycles. The Bertz CT molecular complexity index is 654. The highest BCUT2D eigenvalue weighted by Crippen LogP contribution is 2.22. The molecule has 0 aliphatic rings. The number of aliphatic imine (C=N–C) groups is 1. The predicted molar refractivity (Wildman–Crippen MR) is 100 cm³/mol. The summed E-state index contributed by atoms with van der Waals surface area (Å²) in [6.07, 6.45) is 4.08. The van der Waals surface area contributed by atoms with Crippen molar-refractivity contribution in [3.8, 4) is 17.4 Å². The average Bonchev–Trinajstić information content (AvgIpc) is 2.66. The Morgan fingerprint density at radius 3 is 2.44 bits per heavy atom. The standard InChI is InChI=1S/C19H26N4O2/c1-4-5-12-21-19(20-2)23-14-15-6-11-18(22-13-15)25-17-9-7-16(24-3)8-10-17/h6-11,13H,4-5,12,14H2,1-3H3,(H2,20,21,23). The van der Waals surface area contributed by atoms with Crippen molar-refractivity contribution in [1.29, 1.82) is 0 Å². The molecule has 0 bridgehead atoms. The van der Waals surface area contributed by atoms with Crippen LogP contribution in [-0.4, -0.2) is 31.6 Å². The number of pyridine rings is 1. The summed E-state index contributed by atoms with van der Waals surface area (Å²) in [5.41, 5.74) is 1.06. The molecule has 0 spiro atoms. The molecule has 1 aromatic carbocycles. The summed E-state index contributed by atoms with van der Waals surface area (Å²) in [4.78, 5) is 8.54. The third-order valence-electron chi connectivity index (χ3n) is 3.59. The number of ether oxygens (including phenoxy) is 2. The summed E-state index contributed by atoms with van der Waals surface area (Å²) < 4.78 is 10.9. The second-order valence-electron chi connectivity index (χ2n) is 5.49. The fraction of sp³-hybridized carbons (Fsp3) is 0.368. The van der Waals surface area contributed by atoms with E-state index in [2.05, 4.69) is 27.5 Å². The van der Waals surface area contributed by atoms with Crippen LogP contribution >= 0.6 is 0 Å². The normalized spacial score (nSPS) is 11.1. The smallest absolute Gasteiger partial charge is 0.219 e. The largest absolute Gasteiger partial charge is 0.497 e. The minimum absolute atomic E-state index is 0.555. The van der Waals surface area contributed by atoms with Crippen molar-refractivity contribution in [2.24, 2.45) is 4.99 Å². The molecule has 0 saturated carbocycles. The van der Waals surface area contributed by atoms with E-state index < -0.39 is 0 Å². The molecule has 2 N–H and O–H groups in total. The number of aromatic nitrogens is 1. The summed E-state index contributed by atoms with van der Waals surface area (Å²) >= 11 is 0. The van der Waals surface area contributed by atoms with Gasteiger partial charge in [0.25, 0.3) is 0 Å². The first-order chi connectivity index (χ1) is 12.2. The van der Waals surface area contributed by atoms with E-state index in [1.807, 2.05) is 36.4 Å². The predicted octanol–water partition coefficient (Wildman–Crippen LogP) is 3.35. The molecule has 1 heterocycles. The number of guanidine groups is 1. The molecule has 134 valence electrons. The van der Waals surface area contributed by atoms with Crippen molar-refractivity contribution in [3.63, 3.8) is 0 Å². The Labute approximate surface area is 149 Å². The van der Waals surface area contributed by atoms with Crippen molar-refractivity contribution >= 4 is 5.96 Å². The summed E-state index contributed by atoms with van der Waals surface area (Å²) in [7, 11) is 3.41. The van der Waals surface area contributed by atoms with Gasteiger partial charge in [0.2, 0.25) is 5.88 Å². The number of unbranched alkanes of at least 4 members (excludes halogenated alkanes) is 1. The fourth-order valence-electron chi connectivity index (χ4n) is 2.13. The molecule has 25 heavy (non-hydrogen) atoms. The number of hydrogen-bond donors (Lipinski definition) is 2. The van der Waals surface area contributed by atoms with Gasteiger partial charge in [-0.1, -0.05) is 19.4 Å². The molecule has 2 aromatic rings. The van der Waals surface area contributed by atoms with Crippen LogP contribution in [0, 0.1) is 0 Å². The zero-order chi connectivity index (χ0) is 17.9. The monoisotopic (exact) mass is 342 g/mol. The van der Waals surface area contributed by atoms with Crippen LogP contribution in [0.3, 0.4) is 0 Å². The Balaban J connectivity index is 1.84. The quantitative estimate of drug-likeness (QED) is 0.437. The van der Waals surface area contributed by atoms with Crippen molar-refractivity contribution in [2.45, 2.75) is 26.3 Å². The van der Waals surface area contributed by atoms with E-state index >= 15 is 0 Å². The molecule has 6 heteroatoms. The average molecular weight is 342 g/mol. The maximum Gasteiger partial charge on any atom is 0.219 e. The maximum atomic E-state index is 5.72. The van der Waals surface area contributed by atoms with Gasteiger partial charge in [0, 0.05) is 32.4 Å². The van der Waals surface area contributed by atoms with Gasteiger partial charge in [0.15, 0.2) is 5.96 Å². The van der Waals surface area contributed by atoms with E-state index in [1.54, 1.807) is 20.4 Å². The number of methoxy groups -OCH3 is 1. The highest BCUT2D eigenvalue weighted by molar-refractivity contribution is 5.79. The molecule has 1 aromatic heterocycles. The van der Waals surface area contributed by atoms with Gasteiger partial charge in [0.1, 0.15) is 11.5 Å². The van der Waals surface area contributed by atoms with Gasteiger partial charge < -0.3 is 20.1 Å². The first-order valence-corrected chi connectivity index (χ1v) is 8.46. The molecule has 0 radical (unpaired) electrons. The van der Waals surface area contributed by atoms with Crippen LogP contribution in [0.2, 0.25) is 0 Å². The topological polar surface area (TPSA) is 67.8 Å². The van der Waals surface area contributed by atoms with Crippen molar-refractivity contribution < 1.29 is 9.47 Å². The SMILES string of the molecule is CCCCNC(=NC)NCc1ccc(Oc2ccc(OC)cc2)nc1. The molecule has 0 aliphatic carbocycles. The summed E-state index contributed by atoms with van der Waals surface area (Å²) in [6.45, 7) is 3.74. The van der Waals surface area contributed by atoms with E-state index in [0.29, 0.717) is 12.4 Å². The van der Waals surface area contributed by atoms with Crippen LogP contribution in [-0.2, 0) is 6.54 Å². The molecular formula is C19H26N4O2. The lowest BCUT2D eigenvalue weighted by Gasteiger charge is -2.11. The van der Waals surface area contributed by atoms with Gasteiger partial charge in [-0.2, -0.15) is 0 Å². The first kappa shape index (κ1) is 18.6. The summed E-state index contributed by atoms with van der Waals surface area (Å²) in [5.74, 6) is 2.87. The minimum atomic E-state index is 0.555. The molecule has 0 aliphatic heterocycles. The lowest BCUT2D eigenvalue weighted by molar-refractivity contribution is 0.412. The van der Waals surface area contributed by atoms with Crippen LogP contribution in [0.5, 0.6) is 17.4 Å². The first-order valence-electron chi connectivity index (χ1n) is 8.46. The van der Waals surface area contributed by atoms with Gasteiger partial charge >= 0.3 is 0 Å². The highest BCUT2D eigenvalue weighted by atomic mass is 16.5. The number of nitrogens with zero attached hydrogens (tertiary/aromatic N) is 2. The van der Waals surface area contributed by atoms with Crippen LogP contribution in [0.15, 0.2) is 47.6 Å². The lowest BCUT2D eigenvalue weighted by atomic mass is 10.3. The van der Waals surface area contributed by atoms with E-state index in [9.17, 15) is 0 Å². The lowest BCUT2D eigenvalue weighted by Crippen LogP contribution is -2.37. The summed E-state index contributed by atoms with van der Waals surface area (Å²) in [5, 5.41) is 6.55. The van der Waals surface area contributed by atoms with Crippen molar-refractivity contribution in [3.05, 3.63) is 48.2 Å². The molecule has 0 unspecified atom stereocenters. The number of hydrogen-bond acceptors (Lipinski definition) is 4. The van der Waals surface area contributed by atoms with Gasteiger partial charge in [-0.25, -0.2) is 4.98 Å². The van der Waals surface area contributed by atoms with Gasteiger partial charge in [-0.15, -0.1) is 0 Å². The van der Waals surface area contributed by atoms with E-state index in [1.165, 1.54) is 0 Å². The van der Waals surface area contributed by atoms with Gasteiger partial charge in [-0.3, -0.25) is 4.99 Å². The third-order valence-corrected chi connectivity index (χ3v) is 3.59. The Kier molecular flexibility index (Phi) is 7.56. The van der Waals surface area contributed by atoms with Gasteiger partial charge in [-0.05, 0) is 36.2 Å². The number of nitrogens with one attached hydrogen (secondary N) is 2. The number of benzene rings is 1. The van der Waals surface area contributed by atoms with Crippen LogP contribution < -0.4 is 20.1 Å². The van der Waals surface area contributed by atoms with Gasteiger partial charge in [0.05, 0.1) is 7.11 Å². The molecular weight excluding hydrogens is 316 g/mol. The number of rotatable bonds is 8. The van der Waals surface area contributed by atoms with E-state index in [4.69, 9.17) is 9.47 Å². The zero-order valence-corrected chi connectivity index (χ0v) is 15.1. The molecule has 0 atom stereocenters. The van der Waals surface area contributed by atoms with Crippen molar-refractivity contribution in [1.82, 2.24) is 15.6 Å². The molecule has 0 amide bonds. The molecule has 2 rings (SSSR count).